The zero-order valence-electron chi connectivity index (χ0n) is 22.1. The molecule has 7 nitrogen and oxygen atoms in total. The molecule has 0 saturated carbocycles. The third-order valence-electron chi connectivity index (χ3n) is 6.42. The number of aliphatic carboxylic acids is 1. The number of aromatic nitrogens is 2. The summed E-state index contributed by atoms with van der Waals surface area (Å²) in [6, 6.07) is 33.7. The summed E-state index contributed by atoms with van der Waals surface area (Å²) in [5.74, 6) is 0.933. The van der Waals surface area contributed by atoms with E-state index in [1.807, 2.05) is 103 Å². The van der Waals surface area contributed by atoms with Gasteiger partial charge in [0.25, 0.3) is 0 Å². The van der Waals surface area contributed by atoms with E-state index in [0.717, 1.165) is 51.9 Å². The molecule has 0 saturated heterocycles. The van der Waals surface area contributed by atoms with Crippen molar-refractivity contribution < 1.29 is 19.4 Å². The fraction of sp³-hybridized carbons (Fsp3) is 0.182. The maximum absolute atomic E-state index is 10.7. The summed E-state index contributed by atoms with van der Waals surface area (Å²) in [5, 5.41) is 14.2. The molecule has 0 bridgehead atoms. The molecule has 202 valence electrons. The third-order valence-corrected chi connectivity index (χ3v) is 6.42. The quantitative estimate of drug-likeness (QED) is 0.150. The van der Waals surface area contributed by atoms with Crippen molar-refractivity contribution in [3.05, 3.63) is 109 Å². The van der Waals surface area contributed by atoms with Crippen molar-refractivity contribution in [2.24, 2.45) is 0 Å². The van der Waals surface area contributed by atoms with Crippen LogP contribution in [0.25, 0.3) is 22.0 Å². The van der Waals surface area contributed by atoms with Crippen molar-refractivity contribution in [1.82, 2.24) is 9.97 Å². The van der Waals surface area contributed by atoms with Crippen LogP contribution in [0.4, 0.5) is 11.6 Å². The Labute approximate surface area is 233 Å². The predicted octanol–water partition coefficient (Wildman–Crippen LogP) is 7.64. The van der Waals surface area contributed by atoms with Gasteiger partial charge in [0.05, 0.1) is 12.3 Å². The van der Waals surface area contributed by atoms with Gasteiger partial charge in [0.15, 0.2) is 0 Å². The molecule has 0 aliphatic heterocycles. The molecule has 1 aromatic heterocycles. The molecule has 0 amide bonds. The Hall–Kier alpha value is -4.91. The van der Waals surface area contributed by atoms with Crippen molar-refractivity contribution in [3.8, 4) is 22.9 Å². The van der Waals surface area contributed by atoms with E-state index in [-0.39, 0.29) is 6.42 Å². The number of ether oxygens (including phenoxy) is 2. The summed E-state index contributed by atoms with van der Waals surface area (Å²) in [4.78, 5) is 20.2. The zero-order chi connectivity index (χ0) is 27.6. The Morgan fingerprint density at radius 2 is 1.50 bits per heavy atom. The summed E-state index contributed by atoms with van der Waals surface area (Å²) < 4.78 is 12.2. The van der Waals surface area contributed by atoms with E-state index in [2.05, 4.69) is 10.3 Å². The summed E-state index contributed by atoms with van der Waals surface area (Å²) in [6.45, 7) is 0.928. The highest BCUT2D eigenvalue weighted by Gasteiger charge is 2.12. The molecule has 40 heavy (non-hydrogen) atoms. The largest absolute Gasteiger partial charge is 0.493 e. The molecule has 0 fully saturated rings. The standard InChI is InChI=1S/C33H31N3O4/c37-32(38)20-8-3-9-21-39-30-19-11-16-26-27(30)17-10-18-28(26)34-33-35-29(25-14-6-2-7-15-25)22-31(36-33)40-23-24-12-4-1-5-13-24/h1-2,4-7,10-19,22H,3,8-9,20-21,23H2,(H,37,38)(H,34,35,36). The smallest absolute Gasteiger partial charge is 0.303 e. The Balaban J connectivity index is 1.37. The molecule has 2 N–H and O–H groups in total. The summed E-state index contributed by atoms with van der Waals surface area (Å²) in [5.41, 5.74) is 3.63. The number of nitrogens with one attached hydrogen (secondary N) is 1. The van der Waals surface area contributed by atoms with E-state index in [0.29, 0.717) is 31.5 Å². The lowest BCUT2D eigenvalue weighted by molar-refractivity contribution is -0.137. The predicted molar refractivity (Wildman–Crippen MR) is 157 cm³/mol. The van der Waals surface area contributed by atoms with Gasteiger partial charge in [-0.1, -0.05) is 84.9 Å². The second-order valence-electron chi connectivity index (χ2n) is 9.39. The van der Waals surface area contributed by atoms with E-state index in [9.17, 15) is 4.79 Å². The molecular weight excluding hydrogens is 502 g/mol. The second kappa shape index (κ2) is 13.2. The first-order valence-electron chi connectivity index (χ1n) is 13.4. The highest BCUT2D eigenvalue weighted by Crippen LogP contribution is 2.33. The molecule has 0 spiro atoms. The molecule has 0 aliphatic carbocycles. The van der Waals surface area contributed by atoms with Crippen molar-refractivity contribution in [1.29, 1.82) is 0 Å². The Bertz CT molecular complexity index is 1560. The summed E-state index contributed by atoms with van der Waals surface area (Å²) in [6.07, 6.45) is 2.46. The topological polar surface area (TPSA) is 93.6 Å². The van der Waals surface area contributed by atoms with E-state index in [1.165, 1.54) is 0 Å². The van der Waals surface area contributed by atoms with Crippen LogP contribution in [0, 0.1) is 0 Å². The first kappa shape index (κ1) is 26.7. The minimum atomic E-state index is -0.761. The van der Waals surface area contributed by atoms with Crippen molar-refractivity contribution in [3.63, 3.8) is 0 Å². The van der Waals surface area contributed by atoms with Crippen molar-refractivity contribution in [2.45, 2.75) is 32.3 Å². The van der Waals surface area contributed by atoms with Gasteiger partial charge in [0, 0.05) is 34.5 Å². The van der Waals surface area contributed by atoms with E-state index in [4.69, 9.17) is 19.6 Å². The van der Waals surface area contributed by atoms with Gasteiger partial charge in [-0.15, -0.1) is 0 Å². The minimum absolute atomic E-state index is 0.190. The molecule has 5 rings (SSSR count). The first-order valence-corrected chi connectivity index (χ1v) is 13.4. The zero-order valence-corrected chi connectivity index (χ0v) is 22.1. The van der Waals surface area contributed by atoms with Crippen LogP contribution in [-0.4, -0.2) is 27.7 Å². The van der Waals surface area contributed by atoms with Crippen LogP contribution in [0.15, 0.2) is 103 Å². The Morgan fingerprint density at radius 3 is 2.30 bits per heavy atom. The molecule has 4 aromatic carbocycles. The number of unbranched alkanes of at least 4 members (excludes halogenated alkanes) is 2. The van der Waals surface area contributed by atoms with Crippen molar-refractivity contribution in [2.75, 3.05) is 11.9 Å². The molecule has 0 atom stereocenters. The molecule has 5 aromatic rings. The Morgan fingerprint density at radius 1 is 0.750 bits per heavy atom. The van der Waals surface area contributed by atoms with Crippen LogP contribution in [0.2, 0.25) is 0 Å². The SMILES string of the molecule is O=C(O)CCCCCOc1cccc2c(Nc3nc(OCc4ccccc4)cc(-c4ccccc4)n3)cccc12. The molecule has 7 heteroatoms. The van der Waals surface area contributed by atoms with Gasteiger partial charge in [-0.05, 0) is 37.0 Å². The van der Waals surface area contributed by atoms with Gasteiger partial charge in [0.2, 0.25) is 11.8 Å². The highest BCUT2D eigenvalue weighted by molar-refractivity contribution is 5.98. The van der Waals surface area contributed by atoms with Crippen LogP contribution >= 0.6 is 0 Å². The fourth-order valence-corrected chi connectivity index (χ4v) is 4.42. The summed E-state index contributed by atoms with van der Waals surface area (Å²) >= 11 is 0. The van der Waals surface area contributed by atoms with Crippen LogP contribution in [0.3, 0.4) is 0 Å². The number of carbonyl (C=O) groups is 1. The lowest BCUT2D eigenvalue weighted by Crippen LogP contribution is -2.04. The van der Waals surface area contributed by atoms with Crippen LogP contribution < -0.4 is 14.8 Å². The number of carboxylic acids is 1. The third kappa shape index (κ3) is 7.14. The van der Waals surface area contributed by atoms with E-state index < -0.39 is 5.97 Å². The van der Waals surface area contributed by atoms with E-state index in [1.54, 1.807) is 0 Å². The van der Waals surface area contributed by atoms with Crippen LogP contribution in [0.1, 0.15) is 31.2 Å². The minimum Gasteiger partial charge on any atom is -0.493 e. The monoisotopic (exact) mass is 533 g/mol. The van der Waals surface area contributed by atoms with Gasteiger partial charge < -0.3 is 19.9 Å². The average molecular weight is 534 g/mol. The lowest BCUT2D eigenvalue weighted by Gasteiger charge is -2.14. The van der Waals surface area contributed by atoms with Gasteiger partial charge in [-0.25, -0.2) is 4.98 Å². The molecular formula is C33H31N3O4. The maximum Gasteiger partial charge on any atom is 0.303 e. The number of hydrogen-bond acceptors (Lipinski definition) is 6. The van der Waals surface area contributed by atoms with Gasteiger partial charge in [-0.3, -0.25) is 4.79 Å². The van der Waals surface area contributed by atoms with Gasteiger partial charge >= 0.3 is 5.97 Å². The molecule has 0 radical (unpaired) electrons. The van der Waals surface area contributed by atoms with E-state index >= 15 is 0 Å². The van der Waals surface area contributed by atoms with Crippen LogP contribution in [-0.2, 0) is 11.4 Å². The first-order chi connectivity index (χ1) is 19.7. The van der Waals surface area contributed by atoms with Crippen molar-refractivity contribution >= 4 is 28.4 Å². The second-order valence-corrected chi connectivity index (χ2v) is 9.39. The number of nitrogens with zero attached hydrogens (tertiary/aromatic N) is 2. The highest BCUT2D eigenvalue weighted by atomic mass is 16.5. The fourth-order valence-electron chi connectivity index (χ4n) is 4.42. The number of hydrogen-bond donors (Lipinski definition) is 2. The van der Waals surface area contributed by atoms with Crippen LogP contribution in [0.5, 0.6) is 11.6 Å². The number of carboxylic acid groups (broad SMARTS) is 1. The number of benzene rings is 4. The average Bonchev–Trinajstić information content (AvgIpc) is 2.99. The lowest BCUT2D eigenvalue weighted by atomic mass is 10.1. The number of fused-ring (bicyclic) bond motifs is 1. The number of anilines is 2. The Kier molecular flexibility index (Phi) is 8.84. The maximum atomic E-state index is 10.7. The molecule has 0 unspecified atom stereocenters. The van der Waals surface area contributed by atoms with Gasteiger partial charge in [-0.2, -0.15) is 4.98 Å². The normalized spacial score (nSPS) is 10.8. The van der Waals surface area contributed by atoms with Gasteiger partial charge in [0.1, 0.15) is 12.4 Å². The molecule has 0 aliphatic rings. The summed E-state index contributed by atoms with van der Waals surface area (Å²) in [7, 11) is 0. The molecule has 1 heterocycles. The number of rotatable bonds is 13.